The van der Waals surface area contributed by atoms with Crippen LogP contribution >= 0.6 is 0 Å². The van der Waals surface area contributed by atoms with E-state index in [1.54, 1.807) is 0 Å². The SMILES string of the molecule is C=CCS(=O)(=O)c1ncc2[nH]cnc2n1. The van der Waals surface area contributed by atoms with E-state index in [2.05, 4.69) is 26.5 Å². The third kappa shape index (κ3) is 1.73. The van der Waals surface area contributed by atoms with Crippen molar-refractivity contribution in [3.8, 4) is 0 Å². The molecule has 0 aromatic carbocycles. The summed E-state index contributed by atoms with van der Waals surface area (Å²) >= 11 is 0. The Bertz CT molecular complexity index is 602. The predicted octanol–water partition coefficient (Wildman–Crippen LogP) is 0.313. The van der Waals surface area contributed by atoms with Crippen molar-refractivity contribution < 1.29 is 8.42 Å². The number of imidazole rings is 1. The lowest BCUT2D eigenvalue weighted by Crippen LogP contribution is -2.09. The number of H-pyrrole nitrogens is 1. The van der Waals surface area contributed by atoms with Crippen LogP contribution in [0.5, 0.6) is 0 Å². The van der Waals surface area contributed by atoms with Crippen LogP contribution in [0.4, 0.5) is 0 Å². The van der Waals surface area contributed by atoms with E-state index in [-0.39, 0.29) is 10.9 Å². The van der Waals surface area contributed by atoms with Gasteiger partial charge >= 0.3 is 0 Å². The zero-order chi connectivity index (χ0) is 10.9. The molecule has 0 aliphatic carbocycles. The summed E-state index contributed by atoms with van der Waals surface area (Å²) in [4.78, 5) is 14.2. The highest BCUT2D eigenvalue weighted by Crippen LogP contribution is 2.09. The molecule has 0 aliphatic rings. The molecule has 2 heterocycles. The molecule has 0 saturated heterocycles. The number of fused-ring (bicyclic) bond motifs is 1. The van der Waals surface area contributed by atoms with Crippen LogP contribution in [0.3, 0.4) is 0 Å². The van der Waals surface area contributed by atoms with Gasteiger partial charge in [-0.15, -0.1) is 6.58 Å². The molecule has 0 unspecified atom stereocenters. The Labute approximate surface area is 86.0 Å². The van der Waals surface area contributed by atoms with E-state index in [1.165, 1.54) is 18.6 Å². The van der Waals surface area contributed by atoms with Crippen molar-refractivity contribution in [2.75, 3.05) is 5.75 Å². The van der Waals surface area contributed by atoms with Crippen molar-refractivity contribution in [3.05, 3.63) is 25.2 Å². The second-order valence-corrected chi connectivity index (χ2v) is 4.79. The van der Waals surface area contributed by atoms with E-state index in [9.17, 15) is 8.42 Å². The van der Waals surface area contributed by atoms with Gasteiger partial charge in [-0.3, -0.25) is 0 Å². The average molecular weight is 224 g/mol. The number of aromatic nitrogens is 4. The van der Waals surface area contributed by atoms with Gasteiger partial charge in [-0.2, -0.15) is 4.98 Å². The fraction of sp³-hybridized carbons (Fsp3) is 0.125. The van der Waals surface area contributed by atoms with E-state index in [4.69, 9.17) is 0 Å². The quantitative estimate of drug-likeness (QED) is 0.598. The van der Waals surface area contributed by atoms with Gasteiger partial charge in [0.15, 0.2) is 5.65 Å². The van der Waals surface area contributed by atoms with Gasteiger partial charge < -0.3 is 4.98 Å². The van der Waals surface area contributed by atoms with Crippen molar-refractivity contribution in [1.82, 2.24) is 19.9 Å². The highest BCUT2D eigenvalue weighted by Gasteiger charge is 2.16. The van der Waals surface area contributed by atoms with E-state index in [0.717, 1.165) is 0 Å². The summed E-state index contributed by atoms with van der Waals surface area (Å²) in [5.41, 5.74) is 0.945. The Morgan fingerprint density at radius 1 is 1.47 bits per heavy atom. The lowest BCUT2D eigenvalue weighted by molar-refractivity contribution is 0.590. The number of sulfone groups is 1. The summed E-state index contributed by atoms with van der Waals surface area (Å²) in [7, 11) is -3.47. The second kappa shape index (κ2) is 3.43. The summed E-state index contributed by atoms with van der Waals surface area (Å²) < 4.78 is 23.1. The third-order valence-electron chi connectivity index (χ3n) is 1.77. The molecule has 6 nitrogen and oxygen atoms in total. The zero-order valence-electron chi connectivity index (χ0n) is 7.71. The molecule has 2 aromatic rings. The van der Waals surface area contributed by atoms with Crippen molar-refractivity contribution in [2.24, 2.45) is 0 Å². The maximum absolute atomic E-state index is 11.6. The van der Waals surface area contributed by atoms with Crippen LogP contribution in [0.2, 0.25) is 0 Å². The fourth-order valence-electron chi connectivity index (χ4n) is 1.10. The maximum atomic E-state index is 11.6. The highest BCUT2D eigenvalue weighted by atomic mass is 32.2. The summed E-state index contributed by atoms with van der Waals surface area (Å²) in [5.74, 6) is -0.178. The molecule has 2 rings (SSSR count). The standard InChI is InChI=1S/C8H8N4O2S/c1-2-3-15(13,14)8-9-4-6-7(12-8)11-5-10-6/h2,4-5H,1,3H2,(H,9,10,11,12). The van der Waals surface area contributed by atoms with Gasteiger partial charge in [-0.25, -0.2) is 18.4 Å². The topological polar surface area (TPSA) is 88.6 Å². The van der Waals surface area contributed by atoms with Crippen LogP contribution < -0.4 is 0 Å². The second-order valence-electron chi connectivity index (χ2n) is 2.86. The van der Waals surface area contributed by atoms with Crippen LogP contribution in [0.25, 0.3) is 11.2 Å². The van der Waals surface area contributed by atoms with Gasteiger partial charge in [0, 0.05) is 0 Å². The molecule has 0 bridgehead atoms. The number of nitrogens with zero attached hydrogens (tertiary/aromatic N) is 3. The van der Waals surface area contributed by atoms with Crippen molar-refractivity contribution in [2.45, 2.75) is 5.16 Å². The molecule has 1 N–H and O–H groups in total. The molecule has 78 valence electrons. The highest BCUT2D eigenvalue weighted by molar-refractivity contribution is 7.91. The van der Waals surface area contributed by atoms with Crippen LogP contribution in [0, 0.1) is 0 Å². The van der Waals surface area contributed by atoms with Gasteiger partial charge in [0.25, 0.3) is 0 Å². The Morgan fingerprint density at radius 2 is 2.27 bits per heavy atom. The number of rotatable bonds is 3. The van der Waals surface area contributed by atoms with Gasteiger partial charge in [0.2, 0.25) is 15.0 Å². The van der Waals surface area contributed by atoms with Crippen LogP contribution in [-0.2, 0) is 9.84 Å². The maximum Gasteiger partial charge on any atom is 0.249 e. The first-order valence-electron chi connectivity index (χ1n) is 4.13. The Morgan fingerprint density at radius 3 is 3.00 bits per heavy atom. The molecule has 7 heteroatoms. The predicted molar refractivity (Wildman–Crippen MR) is 53.9 cm³/mol. The number of aromatic amines is 1. The number of nitrogens with one attached hydrogen (secondary N) is 1. The molecule has 0 spiro atoms. The average Bonchev–Trinajstić information content (AvgIpc) is 2.63. The zero-order valence-corrected chi connectivity index (χ0v) is 8.53. The Kier molecular flexibility index (Phi) is 2.24. The Hall–Kier alpha value is -1.76. The van der Waals surface area contributed by atoms with Gasteiger partial charge in [-0.1, -0.05) is 6.08 Å². The number of hydrogen-bond acceptors (Lipinski definition) is 5. The lowest BCUT2D eigenvalue weighted by atomic mass is 10.6. The first kappa shape index (κ1) is 9.78. The summed E-state index contributed by atoms with van der Waals surface area (Å²) in [6, 6.07) is 0. The third-order valence-corrected chi connectivity index (χ3v) is 3.20. The van der Waals surface area contributed by atoms with E-state index in [0.29, 0.717) is 11.2 Å². The molecule has 0 radical (unpaired) electrons. The van der Waals surface area contributed by atoms with Crippen molar-refractivity contribution in [1.29, 1.82) is 0 Å². The lowest BCUT2D eigenvalue weighted by Gasteiger charge is -1.98. The van der Waals surface area contributed by atoms with E-state index < -0.39 is 9.84 Å². The smallest absolute Gasteiger partial charge is 0.249 e. The monoisotopic (exact) mass is 224 g/mol. The summed E-state index contributed by atoms with van der Waals surface area (Å²) in [6.45, 7) is 3.37. The minimum absolute atomic E-state index is 0.178. The first-order valence-corrected chi connectivity index (χ1v) is 5.78. The molecule has 0 aliphatic heterocycles. The van der Waals surface area contributed by atoms with Gasteiger partial charge in [0.1, 0.15) is 5.52 Å². The normalized spacial score (nSPS) is 11.7. The van der Waals surface area contributed by atoms with E-state index >= 15 is 0 Å². The van der Waals surface area contributed by atoms with Crippen LogP contribution in [0.15, 0.2) is 30.3 Å². The van der Waals surface area contributed by atoms with Crippen molar-refractivity contribution >= 4 is 21.0 Å². The van der Waals surface area contributed by atoms with Crippen LogP contribution in [0.1, 0.15) is 0 Å². The molecular formula is C8H8N4O2S. The summed E-state index contributed by atoms with van der Waals surface area (Å²) in [5, 5.41) is -0.220. The molecule has 0 atom stereocenters. The van der Waals surface area contributed by atoms with Crippen LogP contribution in [-0.4, -0.2) is 34.1 Å². The van der Waals surface area contributed by atoms with Crippen molar-refractivity contribution in [3.63, 3.8) is 0 Å². The molecule has 0 fully saturated rings. The Balaban J connectivity index is 2.57. The minimum Gasteiger partial charge on any atom is -0.342 e. The van der Waals surface area contributed by atoms with Gasteiger partial charge in [-0.05, 0) is 0 Å². The van der Waals surface area contributed by atoms with Gasteiger partial charge in [0.05, 0.1) is 18.3 Å². The number of hydrogen-bond donors (Lipinski definition) is 1. The first-order chi connectivity index (χ1) is 7.13. The van der Waals surface area contributed by atoms with E-state index in [1.807, 2.05) is 0 Å². The summed E-state index contributed by atoms with van der Waals surface area (Å²) in [6.07, 6.45) is 4.13. The molecule has 0 amide bonds. The molecule has 15 heavy (non-hydrogen) atoms. The minimum atomic E-state index is -3.47. The fourth-order valence-corrected chi connectivity index (χ4v) is 2.00. The largest absolute Gasteiger partial charge is 0.342 e. The molecule has 0 saturated carbocycles. The molecule has 2 aromatic heterocycles. The molecular weight excluding hydrogens is 216 g/mol.